The number of anilines is 2. The SMILES string of the molecule is COC(=O)c1c(NC(=O)[C@H]2CCCO2)c2cc(NCC(C)(C)C)cnc2n1CCCc1ccccc1. The summed E-state index contributed by atoms with van der Waals surface area (Å²) in [6, 6.07) is 12.2. The second kappa shape index (κ2) is 11.1. The summed E-state index contributed by atoms with van der Waals surface area (Å²) in [5.74, 6) is -0.770. The van der Waals surface area contributed by atoms with Crippen molar-refractivity contribution in [2.24, 2.45) is 5.41 Å². The van der Waals surface area contributed by atoms with Crippen molar-refractivity contribution in [2.75, 3.05) is 30.9 Å². The largest absolute Gasteiger partial charge is 0.464 e. The molecule has 1 amide bonds. The monoisotopic (exact) mass is 492 g/mol. The number of hydrogen-bond donors (Lipinski definition) is 2. The van der Waals surface area contributed by atoms with Crippen molar-refractivity contribution in [3.8, 4) is 0 Å². The molecule has 1 aliphatic rings. The van der Waals surface area contributed by atoms with E-state index in [1.165, 1.54) is 12.7 Å². The van der Waals surface area contributed by atoms with Gasteiger partial charge in [-0.25, -0.2) is 9.78 Å². The summed E-state index contributed by atoms with van der Waals surface area (Å²) in [6.45, 7) is 8.31. The third-order valence-electron chi connectivity index (χ3n) is 6.26. The van der Waals surface area contributed by atoms with E-state index in [-0.39, 0.29) is 11.3 Å². The highest BCUT2D eigenvalue weighted by Gasteiger charge is 2.30. The number of aromatic nitrogens is 2. The Labute approximate surface area is 212 Å². The van der Waals surface area contributed by atoms with Crippen LogP contribution in [0.1, 0.15) is 56.1 Å². The summed E-state index contributed by atoms with van der Waals surface area (Å²) in [5.41, 5.74) is 3.47. The van der Waals surface area contributed by atoms with E-state index in [2.05, 4.69) is 43.5 Å². The maximum Gasteiger partial charge on any atom is 0.356 e. The van der Waals surface area contributed by atoms with Gasteiger partial charge in [-0.3, -0.25) is 4.79 Å². The van der Waals surface area contributed by atoms with E-state index in [0.29, 0.717) is 42.0 Å². The van der Waals surface area contributed by atoms with E-state index in [4.69, 9.17) is 14.5 Å². The molecule has 3 heterocycles. The summed E-state index contributed by atoms with van der Waals surface area (Å²) in [5, 5.41) is 7.10. The first-order valence-electron chi connectivity index (χ1n) is 12.6. The molecular formula is C28H36N4O4. The average molecular weight is 493 g/mol. The Morgan fingerprint density at radius 2 is 2.00 bits per heavy atom. The molecule has 2 N–H and O–H groups in total. The molecule has 1 aliphatic heterocycles. The van der Waals surface area contributed by atoms with Crippen molar-refractivity contribution in [3.63, 3.8) is 0 Å². The summed E-state index contributed by atoms with van der Waals surface area (Å²) < 4.78 is 12.6. The van der Waals surface area contributed by atoms with Gasteiger partial charge in [0.15, 0.2) is 5.69 Å². The molecule has 1 saturated heterocycles. The Morgan fingerprint density at radius 1 is 1.22 bits per heavy atom. The smallest absolute Gasteiger partial charge is 0.356 e. The van der Waals surface area contributed by atoms with E-state index in [0.717, 1.165) is 31.5 Å². The number of benzene rings is 1. The van der Waals surface area contributed by atoms with Gasteiger partial charge in [0.1, 0.15) is 11.8 Å². The van der Waals surface area contributed by atoms with Crippen molar-refractivity contribution in [3.05, 3.63) is 53.9 Å². The fourth-order valence-electron chi connectivity index (χ4n) is 4.42. The number of ether oxygens (including phenoxy) is 2. The molecule has 3 aromatic rings. The molecule has 0 unspecified atom stereocenters. The van der Waals surface area contributed by atoms with E-state index in [1.807, 2.05) is 28.8 Å². The zero-order chi connectivity index (χ0) is 25.7. The van der Waals surface area contributed by atoms with Crippen LogP contribution in [0.5, 0.6) is 0 Å². The number of methoxy groups -OCH3 is 1. The second-order valence-electron chi connectivity index (χ2n) is 10.5. The normalized spacial score (nSPS) is 15.7. The number of aryl methyl sites for hydroxylation is 2. The van der Waals surface area contributed by atoms with Crippen LogP contribution in [0.2, 0.25) is 0 Å². The lowest BCUT2D eigenvalue weighted by atomic mass is 9.97. The van der Waals surface area contributed by atoms with Gasteiger partial charge in [0.05, 0.1) is 24.7 Å². The van der Waals surface area contributed by atoms with Gasteiger partial charge < -0.3 is 24.7 Å². The first kappa shape index (κ1) is 25.7. The summed E-state index contributed by atoms with van der Waals surface area (Å²) in [6.07, 6.45) is 4.39. The minimum Gasteiger partial charge on any atom is -0.464 e. The number of carbonyl (C=O) groups excluding carboxylic acids is 2. The molecule has 1 atom stereocenters. The van der Waals surface area contributed by atoms with Crippen LogP contribution in [-0.2, 0) is 27.2 Å². The van der Waals surface area contributed by atoms with Crippen LogP contribution in [0.25, 0.3) is 11.0 Å². The van der Waals surface area contributed by atoms with Gasteiger partial charge in [0.25, 0.3) is 5.91 Å². The zero-order valence-electron chi connectivity index (χ0n) is 21.6. The molecule has 1 aromatic carbocycles. The van der Waals surface area contributed by atoms with Crippen molar-refractivity contribution in [1.82, 2.24) is 9.55 Å². The molecule has 192 valence electrons. The van der Waals surface area contributed by atoms with Crippen LogP contribution >= 0.6 is 0 Å². The number of amides is 1. The van der Waals surface area contributed by atoms with Crippen molar-refractivity contribution < 1.29 is 19.1 Å². The van der Waals surface area contributed by atoms with Gasteiger partial charge in [-0.1, -0.05) is 51.1 Å². The minimum absolute atomic E-state index is 0.0758. The second-order valence-corrected chi connectivity index (χ2v) is 10.5. The van der Waals surface area contributed by atoms with Gasteiger partial charge in [0, 0.05) is 25.1 Å². The first-order valence-corrected chi connectivity index (χ1v) is 12.6. The Kier molecular flexibility index (Phi) is 7.94. The van der Waals surface area contributed by atoms with E-state index in [1.54, 1.807) is 6.20 Å². The predicted molar refractivity (Wildman–Crippen MR) is 141 cm³/mol. The van der Waals surface area contributed by atoms with Gasteiger partial charge in [0.2, 0.25) is 0 Å². The third-order valence-corrected chi connectivity index (χ3v) is 6.26. The number of nitrogens with one attached hydrogen (secondary N) is 2. The maximum absolute atomic E-state index is 13.0. The Balaban J connectivity index is 1.73. The Morgan fingerprint density at radius 3 is 2.67 bits per heavy atom. The van der Waals surface area contributed by atoms with Crippen LogP contribution in [0.15, 0.2) is 42.6 Å². The number of hydrogen-bond acceptors (Lipinski definition) is 6. The van der Waals surface area contributed by atoms with Crippen LogP contribution in [0, 0.1) is 5.41 Å². The van der Waals surface area contributed by atoms with Gasteiger partial charge in [-0.15, -0.1) is 0 Å². The number of nitrogens with zero attached hydrogens (tertiary/aromatic N) is 2. The maximum atomic E-state index is 13.0. The van der Waals surface area contributed by atoms with E-state index >= 15 is 0 Å². The van der Waals surface area contributed by atoms with Crippen molar-refractivity contribution >= 4 is 34.3 Å². The minimum atomic E-state index is -0.526. The Hall–Kier alpha value is -3.39. The molecule has 0 aliphatic carbocycles. The topological polar surface area (TPSA) is 94.5 Å². The van der Waals surface area contributed by atoms with E-state index in [9.17, 15) is 9.59 Å². The molecule has 0 bridgehead atoms. The van der Waals surface area contributed by atoms with Crippen molar-refractivity contribution in [2.45, 2.75) is 59.1 Å². The molecular weight excluding hydrogens is 456 g/mol. The fourth-order valence-corrected chi connectivity index (χ4v) is 4.42. The lowest BCUT2D eigenvalue weighted by molar-refractivity contribution is -0.124. The molecule has 0 radical (unpaired) electrons. The average Bonchev–Trinajstić information content (AvgIpc) is 3.50. The number of pyridine rings is 1. The molecule has 36 heavy (non-hydrogen) atoms. The standard InChI is InChI=1S/C28H36N4O4/c1-28(2,3)18-30-20-16-21-23(31-26(33)22-13-9-15-36-22)24(27(34)35-4)32(25(21)29-17-20)14-8-12-19-10-6-5-7-11-19/h5-7,10-11,16-17,22,30H,8-9,12-15,18H2,1-4H3,(H,31,33)/t22-/m1/s1. The number of esters is 1. The van der Waals surface area contributed by atoms with Gasteiger partial charge >= 0.3 is 5.97 Å². The van der Waals surface area contributed by atoms with Crippen LogP contribution in [-0.4, -0.2) is 47.8 Å². The zero-order valence-corrected chi connectivity index (χ0v) is 21.6. The fraction of sp³-hybridized carbons (Fsp3) is 0.464. The molecule has 8 heteroatoms. The third kappa shape index (κ3) is 6.05. The highest BCUT2D eigenvalue weighted by Crippen LogP contribution is 2.34. The highest BCUT2D eigenvalue weighted by atomic mass is 16.5. The number of rotatable bonds is 9. The van der Waals surface area contributed by atoms with Gasteiger partial charge in [-0.2, -0.15) is 0 Å². The lowest BCUT2D eigenvalue weighted by Gasteiger charge is -2.19. The van der Waals surface area contributed by atoms with Gasteiger partial charge in [-0.05, 0) is 42.7 Å². The van der Waals surface area contributed by atoms with Crippen LogP contribution in [0.3, 0.4) is 0 Å². The summed E-state index contributed by atoms with van der Waals surface area (Å²) >= 11 is 0. The molecule has 1 fully saturated rings. The highest BCUT2D eigenvalue weighted by molar-refractivity contribution is 6.12. The quantitative estimate of drug-likeness (QED) is 0.407. The first-order chi connectivity index (χ1) is 17.3. The van der Waals surface area contributed by atoms with E-state index < -0.39 is 12.1 Å². The summed E-state index contributed by atoms with van der Waals surface area (Å²) in [7, 11) is 1.35. The molecule has 8 nitrogen and oxygen atoms in total. The number of fused-ring (bicyclic) bond motifs is 1. The van der Waals surface area contributed by atoms with Crippen molar-refractivity contribution in [1.29, 1.82) is 0 Å². The molecule has 4 rings (SSSR count). The lowest BCUT2D eigenvalue weighted by Crippen LogP contribution is -2.28. The molecule has 0 spiro atoms. The Bertz CT molecular complexity index is 1210. The predicted octanol–water partition coefficient (Wildman–Crippen LogP) is 5.03. The molecule has 2 aromatic heterocycles. The summed E-state index contributed by atoms with van der Waals surface area (Å²) in [4.78, 5) is 30.8. The molecule has 0 saturated carbocycles. The van der Waals surface area contributed by atoms with Crippen LogP contribution < -0.4 is 10.6 Å². The number of carbonyl (C=O) groups is 2. The van der Waals surface area contributed by atoms with Crippen LogP contribution in [0.4, 0.5) is 11.4 Å².